The summed E-state index contributed by atoms with van der Waals surface area (Å²) in [6.45, 7) is 2.62. The number of hydrogen-bond acceptors (Lipinski definition) is 4. The van der Waals surface area contributed by atoms with Crippen LogP contribution in [0.25, 0.3) is 0 Å². The Labute approximate surface area is 97.5 Å². The van der Waals surface area contributed by atoms with Gasteiger partial charge in [0.2, 0.25) is 0 Å². The molecule has 4 heteroatoms. The van der Waals surface area contributed by atoms with Crippen molar-refractivity contribution in [2.45, 2.75) is 43.9 Å². The quantitative estimate of drug-likeness (QED) is 0.771. The Bertz CT molecular complexity index is 212. The highest BCUT2D eigenvalue weighted by atomic mass is 16.5. The number of hydrogen-bond donors (Lipinski definition) is 1. The van der Waals surface area contributed by atoms with Crippen LogP contribution in [0.1, 0.15) is 25.7 Å². The Kier molecular flexibility index (Phi) is 4.58. The molecule has 0 aromatic carbocycles. The lowest BCUT2D eigenvalue weighted by molar-refractivity contribution is -0.0674. The van der Waals surface area contributed by atoms with Crippen LogP contribution in [0, 0.1) is 0 Å². The molecule has 0 bridgehead atoms. The van der Waals surface area contributed by atoms with Crippen LogP contribution >= 0.6 is 0 Å². The summed E-state index contributed by atoms with van der Waals surface area (Å²) in [4.78, 5) is 2.43. The highest BCUT2D eigenvalue weighted by molar-refractivity contribution is 4.86. The van der Waals surface area contributed by atoms with Crippen molar-refractivity contribution in [3.8, 4) is 0 Å². The van der Waals surface area contributed by atoms with Gasteiger partial charge in [-0.2, -0.15) is 0 Å². The average Bonchev–Trinajstić information content (AvgIpc) is 2.38. The lowest BCUT2D eigenvalue weighted by Gasteiger charge is -2.43. The van der Waals surface area contributed by atoms with Gasteiger partial charge in [0.15, 0.2) is 0 Å². The summed E-state index contributed by atoms with van der Waals surface area (Å²) in [5.74, 6) is 0. The van der Waals surface area contributed by atoms with Crippen LogP contribution in [0.5, 0.6) is 0 Å². The van der Waals surface area contributed by atoms with Gasteiger partial charge in [-0.3, -0.25) is 4.90 Å². The van der Waals surface area contributed by atoms with E-state index in [4.69, 9.17) is 9.47 Å². The van der Waals surface area contributed by atoms with E-state index < -0.39 is 0 Å². The minimum atomic E-state index is 0.189. The minimum Gasteiger partial charge on any atom is -0.395 e. The van der Waals surface area contributed by atoms with Crippen molar-refractivity contribution in [1.29, 1.82) is 0 Å². The molecule has 0 aromatic heterocycles. The van der Waals surface area contributed by atoms with Crippen molar-refractivity contribution in [2.24, 2.45) is 0 Å². The first-order valence-electron chi connectivity index (χ1n) is 6.32. The third-order valence-electron chi connectivity index (χ3n) is 3.88. The van der Waals surface area contributed by atoms with E-state index in [9.17, 15) is 5.11 Å². The van der Waals surface area contributed by atoms with E-state index in [0.29, 0.717) is 18.8 Å². The zero-order valence-electron chi connectivity index (χ0n) is 10.1. The SMILES string of the molecule is COC1CCCC(N2CCOCC2CO)C1. The molecule has 2 fully saturated rings. The second kappa shape index (κ2) is 5.96. The summed E-state index contributed by atoms with van der Waals surface area (Å²) in [5.41, 5.74) is 0. The molecule has 2 rings (SSSR count). The maximum absolute atomic E-state index is 9.36. The second-order valence-corrected chi connectivity index (χ2v) is 4.83. The smallest absolute Gasteiger partial charge is 0.0644 e. The van der Waals surface area contributed by atoms with Crippen LogP contribution in [0.4, 0.5) is 0 Å². The van der Waals surface area contributed by atoms with Crippen molar-refractivity contribution < 1.29 is 14.6 Å². The highest BCUT2D eigenvalue weighted by Crippen LogP contribution is 2.27. The molecule has 0 radical (unpaired) electrons. The Morgan fingerprint density at radius 1 is 1.44 bits per heavy atom. The third-order valence-corrected chi connectivity index (χ3v) is 3.88. The van der Waals surface area contributed by atoms with Crippen LogP contribution in [0.15, 0.2) is 0 Å². The molecule has 1 saturated carbocycles. The van der Waals surface area contributed by atoms with Crippen LogP contribution < -0.4 is 0 Å². The third kappa shape index (κ3) is 2.74. The topological polar surface area (TPSA) is 41.9 Å². The van der Waals surface area contributed by atoms with Gasteiger partial charge in [-0.25, -0.2) is 0 Å². The van der Waals surface area contributed by atoms with Crippen molar-refractivity contribution in [1.82, 2.24) is 4.90 Å². The predicted octanol–water partition coefficient (Wildman–Crippen LogP) is 0.637. The molecule has 94 valence electrons. The summed E-state index contributed by atoms with van der Waals surface area (Å²) in [6, 6.07) is 0.758. The normalized spacial score (nSPS) is 37.5. The summed E-state index contributed by atoms with van der Waals surface area (Å²) < 4.78 is 10.9. The van der Waals surface area contributed by atoms with Gasteiger partial charge >= 0.3 is 0 Å². The molecule has 2 aliphatic rings. The molecule has 1 aliphatic heterocycles. The lowest BCUT2D eigenvalue weighted by atomic mass is 9.90. The molecule has 0 aromatic rings. The average molecular weight is 229 g/mol. The summed E-state index contributed by atoms with van der Waals surface area (Å²) in [6.07, 6.45) is 5.16. The molecular formula is C12H23NO3. The maximum Gasteiger partial charge on any atom is 0.0644 e. The first-order valence-corrected chi connectivity index (χ1v) is 6.32. The number of rotatable bonds is 3. The van der Waals surface area contributed by atoms with Crippen LogP contribution in [0.2, 0.25) is 0 Å². The minimum absolute atomic E-state index is 0.189. The fraction of sp³-hybridized carbons (Fsp3) is 1.00. The van der Waals surface area contributed by atoms with E-state index >= 15 is 0 Å². The van der Waals surface area contributed by atoms with Gasteiger partial charge < -0.3 is 14.6 Å². The molecule has 3 unspecified atom stereocenters. The molecule has 1 N–H and O–H groups in total. The molecule has 1 aliphatic carbocycles. The first kappa shape index (κ1) is 12.3. The molecule has 3 atom stereocenters. The second-order valence-electron chi connectivity index (χ2n) is 4.83. The molecule has 16 heavy (non-hydrogen) atoms. The summed E-state index contributed by atoms with van der Waals surface area (Å²) in [7, 11) is 1.80. The lowest BCUT2D eigenvalue weighted by Crippen LogP contribution is -2.54. The number of nitrogens with zero attached hydrogens (tertiary/aromatic N) is 1. The fourth-order valence-corrected chi connectivity index (χ4v) is 2.94. The Morgan fingerprint density at radius 2 is 2.31 bits per heavy atom. The molecular weight excluding hydrogens is 206 g/mol. The van der Waals surface area contributed by atoms with Gasteiger partial charge in [0, 0.05) is 19.7 Å². The number of ether oxygens (including phenoxy) is 2. The molecule has 0 spiro atoms. The Morgan fingerprint density at radius 3 is 3.06 bits per heavy atom. The van der Waals surface area contributed by atoms with E-state index in [1.165, 1.54) is 19.3 Å². The van der Waals surface area contributed by atoms with E-state index in [1.54, 1.807) is 7.11 Å². The van der Waals surface area contributed by atoms with E-state index in [0.717, 1.165) is 19.6 Å². The van der Waals surface area contributed by atoms with Gasteiger partial charge in [-0.1, -0.05) is 0 Å². The monoisotopic (exact) mass is 229 g/mol. The highest BCUT2D eigenvalue weighted by Gasteiger charge is 2.32. The molecule has 1 heterocycles. The number of methoxy groups -OCH3 is 1. The van der Waals surface area contributed by atoms with Gasteiger partial charge in [-0.15, -0.1) is 0 Å². The van der Waals surface area contributed by atoms with Crippen LogP contribution in [0.3, 0.4) is 0 Å². The standard InChI is InChI=1S/C12H23NO3/c1-15-12-4-2-3-10(7-12)13-5-6-16-9-11(13)8-14/h10-12,14H,2-9H2,1H3. The molecule has 1 saturated heterocycles. The maximum atomic E-state index is 9.36. The summed E-state index contributed by atoms with van der Waals surface area (Å²) >= 11 is 0. The van der Waals surface area contributed by atoms with E-state index in [1.807, 2.05) is 0 Å². The first-order chi connectivity index (χ1) is 7.85. The number of morpholine rings is 1. The van der Waals surface area contributed by atoms with Gasteiger partial charge in [-0.05, 0) is 25.7 Å². The number of aliphatic hydroxyl groups is 1. The van der Waals surface area contributed by atoms with Gasteiger partial charge in [0.25, 0.3) is 0 Å². The Hall–Kier alpha value is -0.160. The molecule has 4 nitrogen and oxygen atoms in total. The Balaban J connectivity index is 1.93. The van der Waals surface area contributed by atoms with Crippen molar-refractivity contribution in [3.63, 3.8) is 0 Å². The van der Waals surface area contributed by atoms with Gasteiger partial charge in [0.1, 0.15) is 0 Å². The van der Waals surface area contributed by atoms with Crippen molar-refractivity contribution in [3.05, 3.63) is 0 Å². The van der Waals surface area contributed by atoms with Crippen molar-refractivity contribution in [2.75, 3.05) is 33.5 Å². The van der Waals surface area contributed by atoms with E-state index in [2.05, 4.69) is 4.90 Å². The van der Waals surface area contributed by atoms with Crippen LogP contribution in [-0.2, 0) is 9.47 Å². The van der Waals surface area contributed by atoms with E-state index in [-0.39, 0.29) is 12.6 Å². The predicted molar refractivity (Wildman–Crippen MR) is 61.5 cm³/mol. The zero-order chi connectivity index (χ0) is 11.4. The molecule has 0 amide bonds. The zero-order valence-corrected chi connectivity index (χ0v) is 10.1. The van der Waals surface area contributed by atoms with Crippen LogP contribution in [-0.4, -0.2) is 61.7 Å². The number of aliphatic hydroxyl groups excluding tert-OH is 1. The van der Waals surface area contributed by atoms with Crippen molar-refractivity contribution >= 4 is 0 Å². The fourth-order valence-electron chi connectivity index (χ4n) is 2.94. The summed E-state index contributed by atoms with van der Waals surface area (Å²) in [5, 5.41) is 9.36. The van der Waals surface area contributed by atoms with Gasteiger partial charge in [0.05, 0.1) is 32.0 Å². The largest absolute Gasteiger partial charge is 0.395 e.